The molecule has 2 aromatic rings. The van der Waals surface area contributed by atoms with Gasteiger partial charge in [0.05, 0.1) is 16.8 Å². The molecule has 1 aliphatic rings. The van der Waals surface area contributed by atoms with Gasteiger partial charge >= 0.3 is 0 Å². The standard InChI is InChI=1S/C15H23N5O/c1-10-12(11(2)20(3)18-10)13-17-14(19-21-13)15(16)8-6-4-5-7-9-15/h4-9,16H2,1-3H3. The first-order chi connectivity index (χ1) is 10.0. The number of nitrogens with two attached hydrogens (primary N) is 1. The molecule has 21 heavy (non-hydrogen) atoms. The number of rotatable bonds is 2. The maximum atomic E-state index is 6.55. The highest BCUT2D eigenvalue weighted by Gasteiger charge is 2.34. The van der Waals surface area contributed by atoms with Crippen LogP contribution < -0.4 is 5.73 Å². The fourth-order valence-electron chi connectivity index (χ4n) is 3.19. The number of aromatic nitrogens is 4. The highest BCUT2D eigenvalue weighted by molar-refractivity contribution is 5.59. The van der Waals surface area contributed by atoms with E-state index in [1.54, 1.807) is 0 Å². The van der Waals surface area contributed by atoms with Crippen molar-refractivity contribution in [1.29, 1.82) is 0 Å². The Bertz CT molecular complexity index is 635. The lowest BCUT2D eigenvalue weighted by Gasteiger charge is -2.23. The van der Waals surface area contributed by atoms with Crippen molar-refractivity contribution in [3.8, 4) is 11.5 Å². The van der Waals surface area contributed by atoms with E-state index in [4.69, 9.17) is 10.3 Å². The summed E-state index contributed by atoms with van der Waals surface area (Å²) in [5.41, 5.74) is 8.95. The zero-order valence-electron chi connectivity index (χ0n) is 13.0. The highest BCUT2D eigenvalue weighted by Crippen LogP contribution is 2.34. The van der Waals surface area contributed by atoms with E-state index in [0.29, 0.717) is 11.7 Å². The van der Waals surface area contributed by atoms with Gasteiger partial charge in [-0.25, -0.2) is 0 Å². The lowest BCUT2D eigenvalue weighted by Crippen LogP contribution is -2.37. The summed E-state index contributed by atoms with van der Waals surface area (Å²) < 4.78 is 7.32. The van der Waals surface area contributed by atoms with E-state index < -0.39 is 5.54 Å². The van der Waals surface area contributed by atoms with Crippen molar-refractivity contribution in [3.63, 3.8) is 0 Å². The number of nitrogens with zero attached hydrogens (tertiary/aromatic N) is 4. The van der Waals surface area contributed by atoms with Crippen LogP contribution in [0.15, 0.2) is 4.52 Å². The van der Waals surface area contributed by atoms with Crippen molar-refractivity contribution in [3.05, 3.63) is 17.2 Å². The topological polar surface area (TPSA) is 82.8 Å². The van der Waals surface area contributed by atoms with Crippen molar-refractivity contribution in [2.75, 3.05) is 0 Å². The minimum atomic E-state index is -0.442. The lowest BCUT2D eigenvalue weighted by molar-refractivity contribution is 0.334. The van der Waals surface area contributed by atoms with Gasteiger partial charge < -0.3 is 10.3 Å². The van der Waals surface area contributed by atoms with Gasteiger partial charge in [0.15, 0.2) is 5.82 Å². The average molecular weight is 289 g/mol. The van der Waals surface area contributed by atoms with E-state index in [-0.39, 0.29) is 0 Å². The van der Waals surface area contributed by atoms with Crippen LogP contribution in [-0.4, -0.2) is 19.9 Å². The summed E-state index contributed by atoms with van der Waals surface area (Å²) in [6, 6.07) is 0. The van der Waals surface area contributed by atoms with Gasteiger partial charge in [0.1, 0.15) is 0 Å². The molecule has 0 bridgehead atoms. The fraction of sp³-hybridized carbons (Fsp3) is 0.667. The molecular weight excluding hydrogens is 266 g/mol. The minimum Gasteiger partial charge on any atom is -0.334 e. The first-order valence-electron chi connectivity index (χ1n) is 7.65. The second-order valence-electron chi connectivity index (χ2n) is 6.16. The van der Waals surface area contributed by atoms with Crippen molar-refractivity contribution in [1.82, 2.24) is 19.9 Å². The normalized spacial score (nSPS) is 18.7. The summed E-state index contributed by atoms with van der Waals surface area (Å²) in [6.45, 7) is 3.96. The second kappa shape index (κ2) is 5.26. The van der Waals surface area contributed by atoms with Gasteiger partial charge in [-0.1, -0.05) is 30.8 Å². The Balaban J connectivity index is 1.96. The van der Waals surface area contributed by atoms with Crippen LogP contribution >= 0.6 is 0 Å². The van der Waals surface area contributed by atoms with Crippen LogP contribution in [0.25, 0.3) is 11.5 Å². The first-order valence-corrected chi connectivity index (χ1v) is 7.65. The maximum Gasteiger partial charge on any atom is 0.261 e. The summed E-state index contributed by atoms with van der Waals surface area (Å²) in [6.07, 6.45) is 6.60. The van der Waals surface area contributed by atoms with Crippen molar-refractivity contribution < 1.29 is 4.52 Å². The van der Waals surface area contributed by atoms with Gasteiger partial charge in [-0.15, -0.1) is 0 Å². The Morgan fingerprint density at radius 3 is 2.38 bits per heavy atom. The average Bonchev–Trinajstić information content (AvgIpc) is 2.93. The molecule has 0 spiro atoms. The highest BCUT2D eigenvalue weighted by atomic mass is 16.5. The quantitative estimate of drug-likeness (QED) is 0.859. The molecule has 1 saturated carbocycles. The molecule has 0 aromatic carbocycles. The summed E-state index contributed by atoms with van der Waals surface area (Å²) in [4.78, 5) is 4.60. The molecule has 1 fully saturated rings. The van der Waals surface area contributed by atoms with Crippen LogP contribution in [0.1, 0.15) is 55.7 Å². The van der Waals surface area contributed by atoms with Gasteiger partial charge in [0, 0.05) is 12.7 Å². The molecule has 0 saturated heterocycles. The molecule has 6 nitrogen and oxygen atoms in total. The van der Waals surface area contributed by atoms with Crippen LogP contribution in [0.4, 0.5) is 0 Å². The molecular formula is C15H23N5O. The third kappa shape index (κ3) is 2.48. The molecule has 0 radical (unpaired) electrons. The molecule has 3 rings (SSSR count). The number of hydrogen-bond donors (Lipinski definition) is 1. The maximum absolute atomic E-state index is 6.55. The Kier molecular flexibility index (Phi) is 3.57. The summed E-state index contributed by atoms with van der Waals surface area (Å²) in [5, 5.41) is 8.57. The lowest BCUT2D eigenvalue weighted by atomic mass is 9.91. The number of aryl methyl sites for hydroxylation is 2. The van der Waals surface area contributed by atoms with E-state index in [1.165, 1.54) is 12.8 Å². The van der Waals surface area contributed by atoms with Crippen molar-refractivity contribution in [2.24, 2.45) is 12.8 Å². The third-order valence-electron chi connectivity index (χ3n) is 4.59. The van der Waals surface area contributed by atoms with Gasteiger partial charge in [-0.2, -0.15) is 10.1 Å². The largest absolute Gasteiger partial charge is 0.334 e. The smallest absolute Gasteiger partial charge is 0.261 e. The van der Waals surface area contributed by atoms with Crippen molar-refractivity contribution in [2.45, 2.75) is 57.9 Å². The molecule has 114 valence electrons. The zero-order valence-corrected chi connectivity index (χ0v) is 13.0. The van der Waals surface area contributed by atoms with Crippen LogP contribution in [0.3, 0.4) is 0 Å². The molecule has 0 aliphatic heterocycles. The molecule has 6 heteroatoms. The monoisotopic (exact) mass is 289 g/mol. The Hall–Kier alpha value is -1.69. The third-order valence-corrected chi connectivity index (χ3v) is 4.59. The van der Waals surface area contributed by atoms with E-state index in [9.17, 15) is 0 Å². The van der Waals surface area contributed by atoms with Crippen LogP contribution in [0, 0.1) is 13.8 Å². The fourth-order valence-corrected chi connectivity index (χ4v) is 3.19. The Morgan fingerprint density at radius 2 is 1.81 bits per heavy atom. The van der Waals surface area contributed by atoms with E-state index >= 15 is 0 Å². The molecule has 0 atom stereocenters. The van der Waals surface area contributed by atoms with E-state index in [0.717, 1.165) is 42.6 Å². The van der Waals surface area contributed by atoms with Crippen molar-refractivity contribution >= 4 is 0 Å². The van der Waals surface area contributed by atoms with Crippen LogP contribution in [0.5, 0.6) is 0 Å². The zero-order chi connectivity index (χ0) is 15.0. The number of hydrogen-bond acceptors (Lipinski definition) is 5. The molecule has 2 heterocycles. The van der Waals surface area contributed by atoms with Gasteiger partial charge in [-0.3, -0.25) is 4.68 Å². The Labute approximate surface area is 124 Å². The van der Waals surface area contributed by atoms with E-state index in [1.807, 2.05) is 25.6 Å². The predicted octanol–water partition coefficient (Wildman–Crippen LogP) is 2.60. The SMILES string of the molecule is Cc1nn(C)c(C)c1-c1nc(C2(N)CCCCCC2)no1. The Morgan fingerprint density at radius 1 is 1.14 bits per heavy atom. The molecule has 2 aromatic heterocycles. The summed E-state index contributed by atoms with van der Waals surface area (Å²) in [5.74, 6) is 1.17. The van der Waals surface area contributed by atoms with Gasteiger partial charge in [0.2, 0.25) is 0 Å². The predicted molar refractivity (Wildman–Crippen MR) is 79.5 cm³/mol. The van der Waals surface area contributed by atoms with E-state index in [2.05, 4.69) is 15.2 Å². The molecule has 1 aliphatic carbocycles. The first kappa shape index (κ1) is 14.3. The molecule has 0 amide bonds. The molecule has 2 N–H and O–H groups in total. The summed E-state index contributed by atoms with van der Waals surface area (Å²) >= 11 is 0. The second-order valence-corrected chi connectivity index (χ2v) is 6.16. The molecule has 0 unspecified atom stereocenters. The van der Waals surface area contributed by atoms with Crippen LogP contribution in [0.2, 0.25) is 0 Å². The summed E-state index contributed by atoms with van der Waals surface area (Å²) in [7, 11) is 1.92. The van der Waals surface area contributed by atoms with Gasteiger partial charge in [-0.05, 0) is 26.7 Å². The minimum absolute atomic E-state index is 0.442. The van der Waals surface area contributed by atoms with Gasteiger partial charge in [0.25, 0.3) is 5.89 Å². The van der Waals surface area contributed by atoms with Crippen LogP contribution in [-0.2, 0) is 12.6 Å².